The largest absolute Gasteiger partial charge is 0.497 e. The van der Waals surface area contributed by atoms with E-state index in [1.807, 2.05) is 42.2 Å². The summed E-state index contributed by atoms with van der Waals surface area (Å²) in [4.78, 5) is 21.5. The highest BCUT2D eigenvalue weighted by Gasteiger charge is 2.22. The molecule has 1 amide bonds. The Hall–Kier alpha value is -2.18. The van der Waals surface area contributed by atoms with Crippen LogP contribution in [0.1, 0.15) is 26.0 Å². The maximum absolute atomic E-state index is 12.4. The first-order valence-electron chi connectivity index (χ1n) is 9.38. The number of nitrogens with zero attached hydrogens (tertiary/aromatic N) is 3. The highest BCUT2D eigenvalue weighted by atomic mass is 32.1. The molecule has 0 radical (unpaired) electrons. The van der Waals surface area contributed by atoms with Gasteiger partial charge in [-0.1, -0.05) is 13.0 Å². The Morgan fingerprint density at radius 1 is 1.22 bits per heavy atom. The van der Waals surface area contributed by atoms with Crippen molar-refractivity contribution in [3.8, 4) is 16.3 Å². The SMILES string of the molecule is CC/C=C(\C)C(=O)N1CCN(Cc2csc(-c3ccc(OC)cc3)n2)CC1. The van der Waals surface area contributed by atoms with Crippen molar-refractivity contribution >= 4 is 17.2 Å². The first-order valence-corrected chi connectivity index (χ1v) is 10.3. The molecule has 1 aliphatic rings. The zero-order valence-electron chi connectivity index (χ0n) is 16.3. The molecule has 0 atom stereocenters. The third-order valence-electron chi connectivity index (χ3n) is 4.78. The fourth-order valence-electron chi connectivity index (χ4n) is 3.23. The summed E-state index contributed by atoms with van der Waals surface area (Å²) in [6.07, 6.45) is 2.91. The topological polar surface area (TPSA) is 45.7 Å². The lowest BCUT2D eigenvalue weighted by atomic mass is 10.2. The first-order chi connectivity index (χ1) is 13.1. The fourth-order valence-corrected chi connectivity index (χ4v) is 4.04. The number of ether oxygens (including phenoxy) is 1. The first kappa shape index (κ1) is 19.6. The molecule has 5 nitrogen and oxygen atoms in total. The molecule has 0 bridgehead atoms. The van der Waals surface area contributed by atoms with Gasteiger partial charge in [-0.25, -0.2) is 4.98 Å². The number of benzene rings is 1. The molecule has 6 heteroatoms. The molecule has 3 rings (SSSR count). The van der Waals surface area contributed by atoms with Gasteiger partial charge >= 0.3 is 0 Å². The van der Waals surface area contributed by atoms with E-state index in [-0.39, 0.29) is 5.91 Å². The van der Waals surface area contributed by atoms with Crippen LogP contribution in [0.5, 0.6) is 5.75 Å². The quantitative estimate of drug-likeness (QED) is 0.709. The Morgan fingerprint density at radius 2 is 1.93 bits per heavy atom. The van der Waals surface area contributed by atoms with Gasteiger partial charge in [0.15, 0.2) is 0 Å². The number of carbonyl (C=O) groups is 1. The minimum atomic E-state index is 0.173. The van der Waals surface area contributed by atoms with Gasteiger partial charge in [0.05, 0.1) is 12.8 Å². The van der Waals surface area contributed by atoms with Crippen molar-refractivity contribution in [2.45, 2.75) is 26.8 Å². The number of thiazole rings is 1. The van der Waals surface area contributed by atoms with Gasteiger partial charge in [-0.3, -0.25) is 9.69 Å². The number of rotatable bonds is 6. The van der Waals surface area contributed by atoms with Gasteiger partial charge in [0.1, 0.15) is 10.8 Å². The van der Waals surface area contributed by atoms with Crippen LogP contribution in [0.4, 0.5) is 0 Å². The second kappa shape index (κ2) is 9.15. The Kier molecular flexibility index (Phi) is 6.63. The van der Waals surface area contributed by atoms with Crippen LogP contribution in [0.2, 0.25) is 0 Å². The van der Waals surface area contributed by atoms with E-state index in [0.29, 0.717) is 0 Å². The number of amides is 1. The molecule has 0 aliphatic carbocycles. The molecule has 2 heterocycles. The molecule has 1 aliphatic heterocycles. The summed E-state index contributed by atoms with van der Waals surface area (Å²) in [7, 11) is 1.67. The fraction of sp³-hybridized carbons (Fsp3) is 0.429. The van der Waals surface area contributed by atoms with E-state index >= 15 is 0 Å². The molecular weight excluding hydrogens is 358 g/mol. The minimum absolute atomic E-state index is 0.173. The lowest BCUT2D eigenvalue weighted by molar-refractivity contribution is -0.128. The molecule has 1 aromatic heterocycles. The summed E-state index contributed by atoms with van der Waals surface area (Å²) in [5.74, 6) is 1.03. The van der Waals surface area contributed by atoms with Crippen molar-refractivity contribution in [1.29, 1.82) is 0 Å². The Morgan fingerprint density at radius 3 is 2.56 bits per heavy atom. The van der Waals surface area contributed by atoms with E-state index in [1.54, 1.807) is 18.4 Å². The van der Waals surface area contributed by atoms with Crippen molar-refractivity contribution in [3.63, 3.8) is 0 Å². The Balaban J connectivity index is 1.54. The van der Waals surface area contributed by atoms with Crippen LogP contribution in [-0.4, -0.2) is 54.0 Å². The predicted molar refractivity (Wildman–Crippen MR) is 110 cm³/mol. The third-order valence-corrected chi connectivity index (χ3v) is 5.72. The van der Waals surface area contributed by atoms with Crippen LogP contribution in [0, 0.1) is 0 Å². The van der Waals surface area contributed by atoms with Gasteiger partial charge in [-0.15, -0.1) is 11.3 Å². The van der Waals surface area contributed by atoms with Gasteiger partial charge in [-0.05, 0) is 37.6 Å². The number of piperazine rings is 1. The summed E-state index contributed by atoms with van der Waals surface area (Å²) in [6.45, 7) is 8.14. The van der Waals surface area contributed by atoms with Crippen LogP contribution in [0.15, 0.2) is 41.3 Å². The molecule has 144 valence electrons. The number of hydrogen-bond donors (Lipinski definition) is 0. The van der Waals surface area contributed by atoms with Gasteiger partial charge in [-0.2, -0.15) is 0 Å². The lowest BCUT2D eigenvalue weighted by Crippen LogP contribution is -2.48. The Bertz CT molecular complexity index is 790. The molecule has 2 aromatic rings. The number of carbonyl (C=O) groups excluding carboxylic acids is 1. The van der Waals surface area contributed by atoms with Gasteiger partial charge < -0.3 is 9.64 Å². The van der Waals surface area contributed by atoms with Crippen LogP contribution in [-0.2, 0) is 11.3 Å². The monoisotopic (exact) mass is 385 g/mol. The van der Waals surface area contributed by atoms with E-state index in [2.05, 4.69) is 17.2 Å². The smallest absolute Gasteiger partial charge is 0.249 e. The van der Waals surface area contributed by atoms with Gasteiger partial charge in [0.25, 0.3) is 0 Å². The molecular formula is C21H27N3O2S. The molecule has 27 heavy (non-hydrogen) atoms. The summed E-state index contributed by atoms with van der Waals surface area (Å²) < 4.78 is 5.21. The number of hydrogen-bond acceptors (Lipinski definition) is 5. The van der Waals surface area contributed by atoms with Crippen molar-refractivity contribution < 1.29 is 9.53 Å². The van der Waals surface area contributed by atoms with Crippen LogP contribution in [0.3, 0.4) is 0 Å². The molecule has 1 saturated heterocycles. The summed E-state index contributed by atoms with van der Waals surface area (Å²) in [5, 5.41) is 3.16. The standard InChI is InChI=1S/C21H27N3O2S/c1-4-5-16(2)21(25)24-12-10-23(11-13-24)14-18-15-27-20(22-18)17-6-8-19(26-3)9-7-17/h5-9,15H,4,10-14H2,1-3H3/b16-5+. The molecule has 0 saturated carbocycles. The van der Waals surface area contributed by atoms with E-state index in [9.17, 15) is 4.79 Å². The molecule has 0 unspecified atom stereocenters. The average Bonchev–Trinajstić information content (AvgIpc) is 3.17. The highest BCUT2D eigenvalue weighted by molar-refractivity contribution is 7.13. The van der Waals surface area contributed by atoms with Crippen molar-refractivity contribution in [2.75, 3.05) is 33.3 Å². The number of methoxy groups -OCH3 is 1. The van der Waals surface area contributed by atoms with Crippen LogP contribution in [0.25, 0.3) is 10.6 Å². The van der Waals surface area contributed by atoms with Crippen LogP contribution < -0.4 is 4.74 Å². The zero-order valence-corrected chi connectivity index (χ0v) is 17.1. The molecule has 1 aromatic carbocycles. The number of allylic oxidation sites excluding steroid dienone is 1. The summed E-state index contributed by atoms with van der Waals surface area (Å²) in [5.41, 5.74) is 3.06. The highest BCUT2D eigenvalue weighted by Crippen LogP contribution is 2.26. The van der Waals surface area contributed by atoms with Crippen molar-refractivity contribution in [1.82, 2.24) is 14.8 Å². The predicted octanol–water partition coefficient (Wildman–Crippen LogP) is 3.82. The number of aromatic nitrogens is 1. The van der Waals surface area contributed by atoms with Crippen molar-refractivity contribution in [2.24, 2.45) is 0 Å². The second-order valence-electron chi connectivity index (χ2n) is 6.74. The maximum Gasteiger partial charge on any atom is 0.249 e. The zero-order chi connectivity index (χ0) is 19.2. The minimum Gasteiger partial charge on any atom is -0.497 e. The summed E-state index contributed by atoms with van der Waals surface area (Å²) in [6, 6.07) is 8.00. The van der Waals surface area contributed by atoms with E-state index in [1.165, 1.54) is 0 Å². The van der Waals surface area contributed by atoms with Gasteiger partial charge in [0, 0.05) is 49.2 Å². The molecule has 1 fully saturated rings. The maximum atomic E-state index is 12.4. The molecule has 0 N–H and O–H groups in total. The van der Waals surface area contributed by atoms with Gasteiger partial charge in [0.2, 0.25) is 5.91 Å². The Labute approximate surface area is 165 Å². The normalized spacial score (nSPS) is 15.8. The summed E-state index contributed by atoms with van der Waals surface area (Å²) >= 11 is 1.67. The lowest BCUT2D eigenvalue weighted by Gasteiger charge is -2.34. The third kappa shape index (κ3) is 4.96. The van der Waals surface area contributed by atoms with E-state index in [4.69, 9.17) is 9.72 Å². The van der Waals surface area contributed by atoms with Crippen molar-refractivity contribution in [3.05, 3.63) is 47.0 Å². The second-order valence-corrected chi connectivity index (χ2v) is 7.59. The molecule has 0 spiro atoms. The van der Waals surface area contributed by atoms with E-state index in [0.717, 1.165) is 66.7 Å². The average molecular weight is 386 g/mol. The van der Waals surface area contributed by atoms with E-state index < -0.39 is 0 Å². The van der Waals surface area contributed by atoms with Crippen LogP contribution >= 0.6 is 11.3 Å².